The first-order valence-electron chi connectivity index (χ1n) is 9.48. The number of aryl methyl sites for hydroxylation is 1. The molecule has 2 aromatic carbocycles. The van der Waals surface area contributed by atoms with Crippen LogP contribution < -0.4 is 4.90 Å². The lowest BCUT2D eigenvalue weighted by molar-refractivity contribution is -0.885. The second-order valence-electron chi connectivity index (χ2n) is 7.18. The molecular formula is C22H28N3OS+. The molecule has 1 N–H and O–H groups in total. The Labute approximate surface area is 165 Å². The van der Waals surface area contributed by atoms with E-state index in [2.05, 4.69) is 51.2 Å². The van der Waals surface area contributed by atoms with Crippen molar-refractivity contribution in [2.24, 2.45) is 0 Å². The molecule has 0 aliphatic rings. The number of likely N-dealkylation sites (N-methyl/N-ethyl adjacent to an activating group) is 2. The number of carbonyl (C=O) groups is 1. The number of hydrogen-bond acceptors (Lipinski definition) is 3. The molecule has 2 atom stereocenters. The topological polar surface area (TPSA) is 37.6 Å². The summed E-state index contributed by atoms with van der Waals surface area (Å²) < 4.78 is 1.17. The highest BCUT2D eigenvalue weighted by Gasteiger charge is 2.23. The molecule has 3 aromatic rings. The third-order valence-electron chi connectivity index (χ3n) is 5.03. The summed E-state index contributed by atoms with van der Waals surface area (Å²) in [5, 5.41) is 0.986. The minimum absolute atomic E-state index is 0.0217. The van der Waals surface area contributed by atoms with Crippen molar-refractivity contribution in [3.63, 3.8) is 0 Å². The van der Waals surface area contributed by atoms with Crippen molar-refractivity contribution in [1.29, 1.82) is 0 Å². The Morgan fingerprint density at radius 3 is 2.48 bits per heavy atom. The fraction of sp³-hybridized carbons (Fsp3) is 0.364. The van der Waals surface area contributed by atoms with Crippen molar-refractivity contribution in [3.8, 4) is 0 Å². The largest absolute Gasteiger partial charge is 0.332 e. The van der Waals surface area contributed by atoms with Gasteiger partial charge in [0.2, 0.25) is 0 Å². The number of quaternary nitrogens is 1. The van der Waals surface area contributed by atoms with Gasteiger partial charge in [-0.15, -0.1) is 11.3 Å². The van der Waals surface area contributed by atoms with E-state index in [1.54, 1.807) is 11.3 Å². The van der Waals surface area contributed by atoms with E-state index in [-0.39, 0.29) is 11.9 Å². The van der Waals surface area contributed by atoms with Gasteiger partial charge in [0.25, 0.3) is 5.91 Å². The standard InChI is InChI=1S/C22H27N3OS/c1-5-17-10-12-18(13-11-17)14-24(3)15-21(26)25(4)16(2)22-23-19-8-6-7-9-20(19)27-22/h6-13,16H,5,14-15H2,1-4H3/p+1/t16-/m0/s1. The van der Waals surface area contributed by atoms with Crippen LogP contribution in [0.5, 0.6) is 0 Å². The Kier molecular flexibility index (Phi) is 6.24. The van der Waals surface area contributed by atoms with Crippen LogP contribution in [0.2, 0.25) is 0 Å². The number of nitrogens with zero attached hydrogens (tertiary/aromatic N) is 2. The van der Waals surface area contributed by atoms with Gasteiger partial charge < -0.3 is 9.80 Å². The monoisotopic (exact) mass is 382 g/mol. The predicted octanol–water partition coefficient (Wildman–Crippen LogP) is 3.09. The van der Waals surface area contributed by atoms with Gasteiger partial charge >= 0.3 is 0 Å². The molecule has 4 nitrogen and oxygen atoms in total. The van der Waals surface area contributed by atoms with Gasteiger partial charge in [-0.05, 0) is 31.0 Å². The number of para-hydroxylation sites is 1. The van der Waals surface area contributed by atoms with E-state index in [9.17, 15) is 4.79 Å². The van der Waals surface area contributed by atoms with E-state index in [1.165, 1.54) is 20.7 Å². The summed E-state index contributed by atoms with van der Waals surface area (Å²) in [4.78, 5) is 20.5. The van der Waals surface area contributed by atoms with Gasteiger partial charge in [-0.25, -0.2) is 4.98 Å². The molecule has 27 heavy (non-hydrogen) atoms. The Morgan fingerprint density at radius 1 is 1.15 bits per heavy atom. The van der Waals surface area contributed by atoms with Crippen LogP contribution in [0.15, 0.2) is 48.5 Å². The maximum Gasteiger partial charge on any atom is 0.278 e. The molecule has 0 bridgehead atoms. The smallest absolute Gasteiger partial charge is 0.278 e. The van der Waals surface area contributed by atoms with Crippen molar-refractivity contribution < 1.29 is 9.69 Å². The normalized spacial score (nSPS) is 13.5. The Bertz CT molecular complexity index is 870. The van der Waals surface area contributed by atoms with E-state index in [4.69, 9.17) is 4.98 Å². The number of benzene rings is 2. The number of aromatic nitrogens is 1. The third-order valence-corrected chi connectivity index (χ3v) is 6.24. The third kappa shape index (κ3) is 4.73. The molecule has 1 amide bonds. The number of nitrogens with one attached hydrogen (secondary N) is 1. The predicted molar refractivity (Wildman–Crippen MR) is 112 cm³/mol. The van der Waals surface area contributed by atoms with Gasteiger partial charge in [-0.3, -0.25) is 4.79 Å². The van der Waals surface area contributed by atoms with Crippen LogP contribution in [-0.2, 0) is 17.8 Å². The zero-order valence-corrected chi connectivity index (χ0v) is 17.3. The quantitative estimate of drug-likeness (QED) is 0.682. The van der Waals surface area contributed by atoms with Crippen LogP contribution in [-0.4, -0.2) is 36.4 Å². The lowest BCUT2D eigenvalue weighted by atomic mass is 10.1. The number of rotatable bonds is 7. The minimum Gasteiger partial charge on any atom is -0.332 e. The fourth-order valence-electron chi connectivity index (χ4n) is 3.14. The van der Waals surface area contributed by atoms with Gasteiger partial charge in [-0.2, -0.15) is 0 Å². The Balaban J connectivity index is 1.60. The molecule has 0 aliphatic carbocycles. The van der Waals surface area contributed by atoms with Gasteiger partial charge in [-0.1, -0.05) is 43.3 Å². The van der Waals surface area contributed by atoms with Crippen LogP contribution in [0.4, 0.5) is 0 Å². The molecule has 142 valence electrons. The molecule has 5 heteroatoms. The molecule has 0 saturated carbocycles. The van der Waals surface area contributed by atoms with Crippen molar-refractivity contribution in [1.82, 2.24) is 9.88 Å². The van der Waals surface area contributed by atoms with Crippen molar-refractivity contribution in [2.45, 2.75) is 32.9 Å². The zero-order valence-electron chi connectivity index (χ0n) is 16.5. The van der Waals surface area contributed by atoms with Gasteiger partial charge in [0.05, 0.1) is 23.3 Å². The summed E-state index contributed by atoms with van der Waals surface area (Å²) in [5.41, 5.74) is 3.61. The van der Waals surface area contributed by atoms with Gasteiger partial charge in [0, 0.05) is 12.6 Å². The van der Waals surface area contributed by atoms with Gasteiger partial charge in [0.1, 0.15) is 11.6 Å². The molecule has 0 spiro atoms. The van der Waals surface area contributed by atoms with E-state index in [1.807, 2.05) is 30.1 Å². The van der Waals surface area contributed by atoms with Crippen LogP contribution in [0.25, 0.3) is 10.2 Å². The number of carbonyl (C=O) groups excluding carboxylic acids is 1. The molecule has 0 radical (unpaired) electrons. The highest BCUT2D eigenvalue weighted by Crippen LogP contribution is 2.28. The number of thiazole rings is 1. The van der Waals surface area contributed by atoms with Crippen molar-refractivity contribution in [3.05, 3.63) is 64.7 Å². The molecule has 3 rings (SSSR count). The molecular weight excluding hydrogens is 354 g/mol. The Morgan fingerprint density at radius 2 is 1.81 bits per heavy atom. The molecule has 0 aliphatic heterocycles. The van der Waals surface area contributed by atoms with E-state index in [0.717, 1.165) is 23.5 Å². The SMILES string of the molecule is CCc1ccc(C[NH+](C)CC(=O)N(C)[C@@H](C)c2nc3ccccc3s2)cc1. The van der Waals surface area contributed by atoms with Crippen LogP contribution in [0.1, 0.15) is 36.0 Å². The summed E-state index contributed by atoms with van der Waals surface area (Å²) in [6.07, 6.45) is 1.05. The van der Waals surface area contributed by atoms with E-state index in [0.29, 0.717) is 6.54 Å². The fourth-order valence-corrected chi connectivity index (χ4v) is 4.20. The van der Waals surface area contributed by atoms with E-state index < -0.39 is 0 Å². The number of hydrogen-bond donors (Lipinski definition) is 1. The lowest BCUT2D eigenvalue weighted by Gasteiger charge is -2.24. The summed E-state index contributed by atoms with van der Waals surface area (Å²) in [6, 6.07) is 16.8. The average Bonchev–Trinajstić information content (AvgIpc) is 3.11. The molecule has 0 saturated heterocycles. The first-order chi connectivity index (χ1) is 13.0. The van der Waals surface area contributed by atoms with Crippen LogP contribution in [0.3, 0.4) is 0 Å². The maximum absolute atomic E-state index is 12.8. The van der Waals surface area contributed by atoms with E-state index >= 15 is 0 Å². The van der Waals surface area contributed by atoms with Crippen LogP contribution in [0, 0.1) is 0 Å². The highest BCUT2D eigenvalue weighted by atomic mass is 32.1. The zero-order chi connectivity index (χ0) is 19.4. The molecule has 0 fully saturated rings. The summed E-state index contributed by atoms with van der Waals surface area (Å²) in [5.74, 6) is 0.143. The molecule has 1 heterocycles. The number of amides is 1. The molecule has 1 unspecified atom stereocenters. The average molecular weight is 383 g/mol. The first-order valence-corrected chi connectivity index (χ1v) is 10.3. The summed E-state index contributed by atoms with van der Waals surface area (Å²) >= 11 is 1.66. The summed E-state index contributed by atoms with van der Waals surface area (Å²) in [7, 11) is 3.95. The first kappa shape index (κ1) is 19.5. The molecule has 1 aromatic heterocycles. The van der Waals surface area contributed by atoms with Crippen molar-refractivity contribution >= 4 is 27.5 Å². The van der Waals surface area contributed by atoms with Gasteiger partial charge in [0.15, 0.2) is 6.54 Å². The van der Waals surface area contributed by atoms with Crippen molar-refractivity contribution in [2.75, 3.05) is 20.6 Å². The second-order valence-corrected chi connectivity index (χ2v) is 8.24. The second kappa shape index (κ2) is 8.63. The number of fused-ring (bicyclic) bond motifs is 1. The lowest BCUT2D eigenvalue weighted by Crippen LogP contribution is -3.08. The highest BCUT2D eigenvalue weighted by molar-refractivity contribution is 7.18. The minimum atomic E-state index is -0.0217. The maximum atomic E-state index is 12.8. The summed E-state index contributed by atoms with van der Waals surface area (Å²) in [6.45, 7) is 5.53. The van der Waals surface area contributed by atoms with Crippen LogP contribution >= 0.6 is 11.3 Å². The Hall–Kier alpha value is -2.24.